The zero-order chi connectivity index (χ0) is 34.6. The molecule has 0 aliphatic carbocycles. The van der Waals surface area contributed by atoms with Crippen molar-refractivity contribution in [2.45, 2.75) is 44.0 Å². The number of alkyl carbamates (subject to hydrolysis) is 1. The number of oxazole rings is 2. The van der Waals surface area contributed by atoms with Crippen molar-refractivity contribution in [1.29, 1.82) is 0 Å². The van der Waals surface area contributed by atoms with Crippen LogP contribution in [0.4, 0.5) is 10.5 Å². The van der Waals surface area contributed by atoms with E-state index in [4.69, 9.17) is 34.7 Å². The molecule has 252 valence electrons. The van der Waals surface area contributed by atoms with Crippen molar-refractivity contribution in [2.24, 2.45) is 5.92 Å². The summed E-state index contributed by atoms with van der Waals surface area (Å²) < 4.78 is 25.4. The quantitative estimate of drug-likeness (QED) is 0.164. The van der Waals surface area contributed by atoms with Crippen molar-refractivity contribution in [2.75, 3.05) is 11.9 Å². The molecule has 6 aromatic rings. The lowest BCUT2D eigenvalue weighted by Crippen LogP contribution is -2.49. The van der Waals surface area contributed by atoms with E-state index in [0.29, 0.717) is 23.0 Å². The van der Waals surface area contributed by atoms with Gasteiger partial charge in [0.2, 0.25) is 17.7 Å². The van der Waals surface area contributed by atoms with Crippen LogP contribution < -0.4 is 20.7 Å². The number of carbonyl (C=O) groups is 2. The zero-order valence-corrected chi connectivity index (χ0v) is 27.5. The van der Waals surface area contributed by atoms with Gasteiger partial charge < -0.3 is 39.2 Å². The number of rotatable bonds is 3. The standard InChI is InChI=1S/C39H30N6O6/c1-4-13-48-38(47)42-26-15-19-11-12-27-24(14-19)39-23-9-5-8-21(31(23)45-37(39)50-27)20-7-6-10-25-29(20)22(16-40-25)28-17-41-35(49-28)32-33(39)51-36(44-32)30(18(2)3)43-34(26)46/h1,5-12,14,16-18,26,30,37,40,45H,13,15H2,2-3H3,(H,42,47)(H,43,46)/t26-,30-,37?,39?/m0/s1. The minimum absolute atomic E-state index is 0.163. The third-order valence-electron chi connectivity index (χ3n) is 10.4. The summed E-state index contributed by atoms with van der Waals surface area (Å²) in [6, 6.07) is 16.5. The van der Waals surface area contributed by atoms with Crippen molar-refractivity contribution in [3.8, 4) is 52.1 Å². The fraction of sp³-hybridized carbons (Fsp3) is 0.231. The first-order valence-electron chi connectivity index (χ1n) is 16.8. The van der Waals surface area contributed by atoms with Crippen LogP contribution in [0.5, 0.6) is 5.75 Å². The molecule has 0 fully saturated rings. The molecular weight excluding hydrogens is 648 g/mol. The summed E-state index contributed by atoms with van der Waals surface area (Å²) in [5.41, 5.74) is 6.59. The number of hydrogen-bond acceptors (Lipinski definition) is 9. The number of terminal acetylenes is 1. The van der Waals surface area contributed by atoms with Crippen LogP contribution >= 0.6 is 0 Å². The maximum Gasteiger partial charge on any atom is 0.408 e. The van der Waals surface area contributed by atoms with Crippen molar-refractivity contribution in [3.05, 3.63) is 95.3 Å². The monoisotopic (exact) mass is 678 g/mol. The van der Waals surface area contributed by atoms with Gasteiger partial charge in [-0.2, -0.15) is 0 Å². The van der Waals surface area contributed by atoms with Gasteiger partial charge in [-0.3, -0.25) is 4.79 Å². The Morgan fingerprint density at radius 1 is 1.10 bits per heavy atom. The fourth-order valence-electron chi connectivity index (χ4n) is 8.15. The van der Waals surface area contributed by atoms with Crippen molar-refractivity contribution in [3.63, 3.8) is 0 Å². The third kappa shape index (κ3) is 4.03. The molecule has 4 aliphatic heterocycles. The van der Waals surface area contributed by atoms with Crippen LogP contribution in [0.15, 0.2) is 75.8 Å². The molecule has 10 bridgehead atoms. The van der Waals surface area contributed by atoms with Crippen LogP contribution in [-0.4, -0.2) is 45.8 Å². The number of H-pyrrole nitrogens is 1. The van der Waals surface area contributed by atoms with E-state index in [2.05, 4.69) is 51.1 Å². The molecule has 0 saturated carbocycles. The molecule has 12 heteroatoms. The largest absolute Gasteiger partial charge is 0.469 e. The summed E-state index contributed by atoms with van der Waals surface area (Å²) >= 11 is 0. The van der Waals surface area contributed by atoms with E-state index in [1.807, 2.05) is 50.4 Å². The van der Waals surface area contributed by atoms with Crippen LogP contribution in [-0.2, 0) is 21.4 Å². The number of carbonyl (C=O) groups excluding carboxylic acids is 2. The first kappa shape index (κ1) is 29.4. The number of aromatic nitrogens is 3. The Balaban J connectivity index is 1.29. The molecule has 0 saturated heterocycles. The van der Waals surface area contributed by atoms with Gasteiger partial charge in [0.15, 0.2) is 30.0 Å². The second-order valence-corrected chi connectivity index (χ2v) is 13.6. The summed E-state index contributed by atoms with van der Waals surface area (Å²) in [6.45, 7) is 3.69. The third-order valence-corrected chi connectivity index (χ3v) is 10.4. The first-order valence-corrected chi connectivity index (χ1v) is 16.8. The van der Waals surface area contributed by atoms with E-state index in [1.165, 1.54) is 0 Å². The van der Waals surface area contributed by atoms with E-state index >= 15 is 0 Å². The topological polar surface area (TPSA) is 157 Å². The molecule has 4 atom stereocenters. The van der Waals surface area contributed by atoms with E-state index in [0.717, 1.165) is 50.0 Å². The summed E-state index contributed by atoms with van der Waals surface area (Å²) in [6.07, 6.45) is 7.67. The van der Waals surface area contributed by atoms with Gasteiger partial charge in [0.25, 0.3) is 0 Å². The molecule has 3 aromatic carbocycles. The highest BCUT2D eigenvalue weighted by Crippen LogP contribution is 2.61. The molecule has 4 aliphatic rings. The van der Waals surface area contributed by atoms with Gasteiger partial charge in [-0.15, -0.1) is 6.42 Å². The average Bonchev–Trinajstić information content (AvgIpc) is 3.95. The van der Waals surface area contributed by atoms with Crippen molar-refractivity contribution >= 4 is 28.6 Å². The van der Waals surface area contributed by atoms with Gasteiger partial charge in [0.05, 0.1) is 6.20 Å². The number of nitrogens with one attached hydrogen (secondary N) is 4. The Morgan fingerprint density at radius 3 is 2.82 bits per heavy atom. The summed E-state index contributed by atoms with van der Waals surface area (Å²) in [5, 5.41) is 10.6. The Morgan fingerprint density at radius 2 is 1.96 bits per heavy atom. The number of amides is 2. The smallest absolute Gasteiger partial charge is 0.408 e. The van der Waals surface area contributed by atoms with Crippen molar-refractivity contribution in [1.82, 2.24) is 25.6 Å². The predicted molar refractivity (Wildman–Crippen MR) is 186 cm³/mol. The Labute approximate surface area is 290 Å². The van der Waals surface area contributed by atoms with Gasteiger partial charge in [-0.05, 0) is 29.2 Å². The summed E-state index contributed by atoms with van der Waals surface area (Å²) in [4.78, 5) is 40.0. The van der Waals surface area contributed by atoms with Crippen LogP contribution in [0.3, 0.4) is 0 Å². The van der Waals surface area contributed by atoms with Gasteiger partial charge in [0, 0.05) is 51.5 Å². The Kier molecular flexibility index (Phi) is 6.07. The lowest BCUT2D eigenvalue weighted by Gasteiger charge is -2.28. The number of nitrogens with zero attached hydrogens (tertiary/aromatic N) is 2. The highest BCUT2D eigenvalue weighted by Gasteiger charge is 2.61. The van der Waals surface area contributed by atoms with E-state index in [1.54, 1.807) is 6.20 Å². The fourth-order valence-corrected chi connectivity index (χ4v) is 8.15. The zero-order valence-electron chi connectivity index (χ0n) is 27.5. The number of para-hydroxylation sites is 1. The summed E-state index contributed by atoms with van der Waals surface area (Å²) in [5.74, 6) is 3.90. The molecule has 7 heterocycles. The lowest BCUT2D eigenvalue weighted by atomic mass is 9.72. The normalized spacial score (nSPS) is 21.8. The molecule has 3 aromatic heterocycles. The predicted octanol–water partition coefficient (Wildman–Crippen LogP) is 6.03. The molecule has 12 nitrogen and oxygen atoms in total. The molecule has 4 N–H and O–H groups in total. The van der Waals surface area contributed by atoms with E-state index in [9.17, 15) is 9.59 Å². The molecule has 2 amide bonds. The molecule has 2 unspecified atom stereocenters. The van der Waals surface area contributed by atoms with Gasteiger partial charge in [0.1, 0.15) is 23.2 Å². The highest BCUT2D eigenvalue weighted by molar-refractivity contribution is 6.07. The van der Waals surface area contributed by atoms with Gasteiger partial charge >= 0.3 is 6.09 Å². The van der Waals surface area contributed by atoms with Gasteiger partial charge in [-0.1, -0.05) is 62.2 Å². The maximum atomic E-state index is 14.0. The highest BCUT2D eigenvalue weighted by atomic mass is 16.5. The van der Waals surface area contributed by atoms with E-state index in [-0.39, 0.29) is 30.7 Å². The van der Waals surface area contributed by atoms with E-state index < -0.39 is 35.7 Å². The molecule has 51 heavy (non-hydrogen) atoms. The number of benzene rings is 3. The Hall–Kier alpha value is -6.48. The average molecular weight is 679 g/mol. The van der Waals surface area contributed by atoms with Crippen LogP contribution in [0.2, 0.25) is 0 Å². The van der Waals surface area contributed by atoms with Crippen LogP contribution in [0, 0.1) is 18.3 Å². The van der Waals surface area contributed by atoms with Crippen LogP contribution in [0.1, 0.15) is 48.2 Å². The number of aromatic amines is 1. The first-order chi connectivity index (χ1) is 24.8. The lowest BCUT2D eigenvalue weighted by molar-refractivity contribution is -0.124. The molecule has 10 rings (SSSR count). The molecule has 0 radical (unpaired) electrons. The molecule has 1 spiro atoms. The number of anilines is 1. The second-order valence-electron chi connectivity index (χ2n) is 13.6. The SMILES string of the molecule is C#CCOC(=O)N[C@H]1Cc2ccc3c(c2)C24c5cccc(c5NC2O3)-c2cccc3[nH]cc(c23)-c2cnc(o2)-c2nc(oc24)[C@H](C(C)C)NC1=O. The minimum atomic E-state index is -1.06. The number of ether oxygens (including phenoxy) is 2. The number of fused-ring (bicyclic) bond motifs is 7. The minimum Gasteiger partial charge on any atom is -0.469 e. The van der Waals surface area contributed by atoms with Gasteiger partial charge in [-0.25, -0.2) is 14.8 Å². The van der Waals surface area contributed by atoms with Crippen LogP contribution in [0.25, 0.3) is 44.9 Å². The Bertz CT molecular complexity index is 2500. The van der Waals surface area contributed by atoms with Crippen molar-refractivity contribution < 1.29 is 27.9 Å². The maximum absolute atomic E-state index is 14.0. The second kappa shape index (κ2) is 10.5. The molecular formula is C39H30N6O6. The summed E-state index contributed by atoms with van der Waals surface area (Å²) in [7, 11) is 0. The number of hydrogen-bond donors (Lipinski definition) is 4.